The topological polar surface area (TPSA) is 112 Å². The molecule has 9 heteroatoms. The molecule has 0 aromatic rings. The van der Waals surface area contributed by atoms with E-state index in [4.69, 9.17) is 9.11 Å². The van der Waals surface area contributed by atoms with E-state index >= 15 is 0 Å². The quantitative estimate of drug-likeness (QED) is 0.192. The van der Waals surface area contributed by atoms with Crippen molar-refractivity contribution in [2.75, 3.05) is 31.1 Å². The van der Waals surface area contributed by atoms with Gasteiger partial charge in [-0.3, -0.25) is 9.11 Å². The van der Waals surface area contributed by atoms with Gasteiger partial charge >= 0.3 is 0 Å². The summed E-state index contributed by atoms with van der Waals surface area (Å²) in [6.45, 7) is 2.92. The van der Waals surface area contributed by atoms with Crippen molar-refractivity contribution >= 4 is 20.2 Å². The Kier molecular flexibility index (Phi) is 17.3. The van der Waals surface area contributed by atoms with Gasteiger partial charge in [-0.2, -0.15) is 16.8 Å². The molecular formula is C20H43NO6S2. The fourth-order valence-electron chi connectivity index (χ4n) is 3.35. The van der Waals surface area contributed by atoms with Crippen LogP contribution in [-0.4, -0.2) is 62.0 Å². The molecule has 0 bridgehead atoms. The van der Waals surface area contributed by atoms with Crippen molar-refractivity contribution in [2.24, 2.45) is 0 Å². The fraction of sp³-hybridized carbons (Fsp3) is 1.00. The Bertz CT molecular complexity index is 542. The lowest BCUT2D eigenvalue weighted by Crippen LogP contribution is -2.34. The molecule has 7 nitrogen and oxygen atoms in total. The summed E-state index contributed by atoms with van der Waals surface area (Å²) in [6, 6.07) is 0. The summed E-state index contributed by atoms with van der Waals surface area (Å²) in [4.78, 5) is 1.67. The molecule has 0 saturated heterocycles. The molecule has 0 aromatic heterocycles. The zero-order chi connectivity index (χ0) is 22.0. The monoisotopic (exact) mass is 457 g/mol. The SMILES string of the molecule is CCCCCCCCCCCCCCCCN(CCS(=O)(=O)O)CCS(=O)(=O)O. The predicted octanol–water partition coefficient (Wildman–Crippen LogP) is 4.55. The third-order valence-electron chi connectivity index (χ3n) is 5.16. The summed E-state index contributed by atoms with van der Waals surface area (Å²) in [5, 5.41) is 0. The smallest absolute Gasteiger partial charge is 0.266 e. The standard InChI is InChI=1S/C20H43NO6S2/c1-2-3-4-5-6-7-8-9-10-11-12-13-14-15-16-21(17-19-28(22,23)24)18-20-29(25,26)27/h2-20H2,1H3,(H,22,23,24)(H,25,26,27). The summed E-state index contributed by atoms with van der Waals surface area (Å²) in [5.41, 5.74) is 0. The van der Waals surface area contributed by atoms with Crippen molar-refractivity contribution in [1.82, 2.24) is 4.90 Å². The Hall–Kier alpha value is -0.220. The van der Waals surface area contributed by atoms with Crippen LogP contribution in [-0.2, 0) is 20.2 Å². The summed E-state index contributed by atoms with van der Waals surface area (Å²) >= 11 is 0. The zero-order valence-corrected chi connectivity index (χ0v) is 19.9. The van der Waals surface area contributed by atoms with E-state index in [1.54, 1.807) is 4.90 Å². The first-order valence-corrected chi connectivity index (χ1v) is 14.5. The van der Waals surface area contributed by atoms with Crippen LogP contribution in [0, 0.1) is 0 Å². The van der Waals surface area contributed by atoms with E-state index in [2.05, 4.69) is 6.92 Å². The average Bonchev–Trinajstić information content (AvgIpc) is 2.62. The minimum atomic E-state index is -4.09. The molecule has 0 spiro atoms. The molecule has 0 fully saturated rings. The van der Waals surface area contributed by atoms with E-state index in [0.717, 1.165) is 19.3 Å². The summed E-state index contributed by atoms with van der Waals surface area (Å²) in [5.74, 6) is -0.867. The highest BCUT2D eigenvalue weighted by atomic mass is 32.2. The highest BCUT2D eigenvalue weighted by Crippen LogP contribution is 2.13. The maximum Gasteiger partial charge on any atom is 0.266 e. The maximum absolute atomic E-state index is 10.9. The normalized spacial score (nSPS) is 12.7. The molecule has 2 N–H and O–H groups in total. The predicted molar refractivity (Wildman–Crippen MR) is 120 cm³/mol. The van der Waals surface area contributed by atoms with E-state index < -0.39 is 31.7 Å². The highest BCUT2D eigenvalue weighted by molar-refractivity contribution is 7.86. The fourth-order valence-corrected chi connectivity index (χ4v) is 4.33. The Morgan fingerprint density at radius 3 is 1.14 bits per heavy atom. The van der Waals surface area contributed by atoms with Gasteiger partial charge in [-0.1, -0.05) is 90.4 Å². The highest BCUT2D eigenvalue weighted by Gasteiger charge is 2.13. The first-order chi connectivity index (χ1) is 13.6. The number of rotatable bonds is 21. The maximum atomic E-state index is 10.9. The minimum absolute atomic E-state index is 0.0623. The second-order valence-corrected chi connectivity index (χ2v) is 11.2. The van der Waals surface area contributed by atoms with Gasteiger partial charge in [0.1, 0.15) is 0 Å². The van der Waals surface area contributed by atoms with E-state index in [1.165, 1.54) is 70.6 Å². The average molecular weight is 458 g/mol. The summed E-state index contributed by atoms with van der Waals surface area (Å²) < 4.78 is 61.3. The van der Waals surface area contributed by atoms with Crippen molar-refractivity contribution in [3.05, 3.63) is 0 Å². The summed E-state index contributed by atoms with van der Waals surface area (Å²) in [7, 11) is -8.17. The molecule has 0 saturated carbocycles. The van der Waals surface area contributed by atoms with E-state index in [0.29, 0.717) is 6.54 Å². The van der Waals surface area contributed by atoms with Gasteiger partial charge in [0.15, 0.2) is 0 Å². The van der Waals surface area contributed by atoms with Crippen LogP contribution >= 0.6 is 0 Å². The van der Waals surface area contributed by atoms with Gasteiger partial charge in [0, 0.05) is 13.1 Å². The number of hydrogen-bond acceptors (Lipinski definition) is 5. The van der Waals surface area contributed by atoms with Crippen molar-refractivity contribution in [3.8, 4) is 0 Å². The van der Waals surface area contributed by atoms with Crippen LogP contribution in [0.4, 0.5) is 0 Å². The third kappa shape index (κ3) is 23.9. The van der Waals surface area contributed by atoms with Gasteiger partial charge in [-0.15, -0.1) is 0 Å². The molecule has 29 heavy (non-hydrogen) atoms. The van der Waals surface area contributed by atoms with Crippen molar-refractivity contribution in [3.63, 3.8) is 0 Å². The first kappa shape index (κ1) is 28.8. The number of hydrogen-bond donors (Lipinski definition) is 2. The number of nitrogens with zero attached hydrogens (tertiary/aromatic N) is 1. The van der Waals surface area contributed by atoms with Gasteiger partial charge in [-0.25, -0.2) is 0 Å². The van der Waals surface area contributed by atoms with Crippen molar-refractivity contribution in [1.29, 1.82) is 0 Å². The Balaban J connectivity index is 3.70. The van der Waals surface area contributed by atoms with E-state index in [9.17, 15) is 16.8 Å². The Morgan fingerprint density at radius 1 is 0.517 bits per heavy atom. The van der Waals surface area contributed by atoms with E-state index in [1.807, 2.05) is 0 Å². The number of unbranched alkanes of at least 4 members (excludes halogenated alkanes) is 13. The van der Waals surface area contributed by atoms with Crippen LogP contribution in [0.1, 0.15) is 96.8 Å². The first-order valence-electron chi connectivity index (χ1n) is 11.3. The minimum Gasteiger partial charge on any atom is -0.301 e. The second kappa shape index (κ2) is 17.5. The van der Waals surface area contributed by atoms with Crippen LogP contribution < -0.4 is 0 Å². The van der Waals surface area contributed by atoms with Crippen LogP contribution in [0.2, 0.25) is 0 Å². The molecule has 0 aromatic carbocycles. The Labute approximate surface area is 179 Å². The second-order valence-electron chi connectivity index (χ2n) is 8.01. The molecule has 0 heterocycles. The van der Waals surface area contributed by atoms with Gasteiger partial charge < -0.3 is 4.90 Å². The third-order valence-corrected chi connectivity index (χ3v) is 6.56. The van der Waals surface area contributed by atoms with Crippen LogP contribution in [0.5, 0.6) is 0 Å². The lowest BCUT2D eigenvalue weighted by molar-refractivity contribution is 0.292. The van der Waals surface area contributed by atoms with Gasteiger partial charge in [-0.05, 0) is 13.0 Å². The van der Waals surface area contributed by atoms with Gasteiger partial charge in [0.25, 0.3) is 20.2 Å². The Morgan fingerprint density at radius 2 is 0.828 bits per heavy atom. The molecule has 0 radical (unpaired) electrons. The van der Waals surface area contributed by atoms with Gasteiger partial charge in [0.05, 0.1) is 11.5 Å². The molecule has 0 rings (SSSR count). The summed E-state index contributed by atoms with van der Waals surface area (Å²) in [6.07, 6.45) is 17.4. The lowest BCUT2D eigenvalue weighted by Gasteiger charge is -2.20. The van der Waals surface area contributed by atoms with Crippen LogP contribution in [0.25, 0.3) is 0 Å². The van der Waals surface area contributed by atoms with Crippen molar-refractivity contribution < 1.29 is 25.9 Å². The van der Waals surface area contributed by atoms with Crippen molar-refractivity contribution in [2.45, 2.75) is 96.8 Å². The molecule has 0 unspecified atom stereocenters. The van der Waals surface area contributed by atoms with Gasteiger partial charge in [0.2, 0.25) is 0 Å². The molecule has 0 atom stereocenters. The molecule has 176 valence electrons. The van der Waals surface area contributed by atoms with Crippen LogP contribution in [0.15, 0.2) is 0 Å². The molecular weight excluding hydrogens is 414 g/mol. The molecule has 0 amide bonds. The molecule has 0 aliphatic rings. The largest absolute Gasteiger partial charge is 0.301 e. The molecule has 0 aliphatic heterocycles. The molecule has 0 aliphatic carbocycles. The lowest BCUT2D eigenvalue weighted by atomic mass is 10.0. The zero-order valence-electron chi connectivity index (χ0n) is 18.2. The van der Waals surface area contributed by atoms with Crippen LogP contribution in [0.3, 0.4) is 0 Å². The van der Waals surface area contributed by atoms with E-state index in [-0.39, 0.29) is 13.1 Å².